The van der Waals surface area contributed by atoms with Gasteiger partial charge in [0.1, 0.15) is 12.2 Å². The van der Waals surface area contributed by atoms with Crippen molar-refractivity contribution in [2.45, 2.75) is 50.6 Å². The third-order valence-corrected chi connectivity index (χ3v) is 7.04. The van der Waals surface area contributed by atoms with E-state index in [2.05, 4.69) is 31.3 Å². The molecule has 1 saturated carbocycles. The van der Waals surface area contributed by atoms with Gasteiger partial charge in [0.2, 0.25) is 0 Å². The van der Waals surface area contributed by atoms with Gasteiger partial charge in [-0.25, -0.2) is 9.48 Å². The van der Waals surface area contributed by atoms with Crippen LogP contribution < -0.4 is 0 Å². The first-order valence-electron chi connectivity index (χ1n) is 10.6. The Morgan fingerprint density at radius 1 is 1.23 bits per heavy atom. The Labute approximate surface area is 181 Å². The number of aromatic carboxylic acids is 1. The first kappa shape index (κ1) is 20.0. The van der Waals surface area contributed by atoms with Crippen molar-refractivity contribution in [3.05, 3.63) is 78.2 Å². The highest BCUT2D eigenvalue weighted by atomic mass is 16.8. The van der Waals surface area contributed by atoms with Gasteiger partial charge in [0.25, 0.3) is 0 Å². The Bertz CT molecular complexity index is 1080. The molecule has 0 amide bonds. The van der Waals surface area contributed by atoms with Crippen molar-refractivity contribution in [3.8, 4) is 5.69 Å². The molecule has 0 unspecified atom stereocenters. The van der Waals surface area contributed by atoms with Crippen LogP contribution in [0.3, 0.4) is 0 Å². The number of carbonyl (C=O) groups is 1. The summed E-state index contributed by atoms with van der Waals surface area (Å²) in [6.07, 6.45) is 10.9. The Balaban J connectivity index is 1.54. The summed E-state index contributed by atoms with van der Waals surface area (Å²) in [4.78, 5) is 11.2. The standard InChI is InChI=1S/C25H26N2O4/c1-4-21-22(5-2)31-25(30-21)12-6-7-18-13-20-17(14-24(18,25)3)15-26-27(20)19-10-8-16(9-11-19)23(28)29/h4-5,8-11,13,15,21-22H,1-2,6-7,12,14H2,3H3,(H,28,29)/t21-,22-,24+/m1/s1. The zero-order chi connectivity index (χ0) is 21.8. The minimum atomic E-state index is -0.938. The monoisotopic (exact) mass is 418 g/mol. The van der Waals surface area contributed by atoms with E-state index in [-0.39, 0.29) is 23.2 Å². The van der Waals surface area contributed by atoms with Crippen molar-refractivity contribution in [1.29, 1.82) is 0 Å². The second-order valence-electron chi connectivity index (χ2n) is 8.74. The Morgan fingerprint density at radius 2 is 1.90 bits per heavy atom. The van der Waals surface area contributed by atoms with Crippen molar-refractivity contribution in [2.75, 3.05) is 0 Å². The predicted octanol–water partition coefficient (Wildman–Crippen LogP) is 4.55. The maximum Gasteiger partial charge on any atom is 0.335 e. The Kier molecular flexibility index (Phi) is 4.53. The smallest absolute Gasteiger partial charge is 0.335 e. The molecule has 2 fully saturated rings. The molecule has 3 atom stereocenters. The highest BCUT2D eigenvalue weighted by molar-refractivity contribution is 5.87. The largest absolute Gasteiger partial charge is 0.478 e. The number of hydrogen-bond acceptors (Lipinski definition) is 4. The molecule has 1 aromatic heterocycles. The lowest BCUT2D eigenvalue weighted by Crippen LogP contribution is -2.53. The number of ether oxygens (including phenoxy) is 2. The SMILES string of the molecule is C=C[C@H]1OC2(CCCC3=Cc4c(cnn4-c4ccc(C(=O)O)cc4)C[C@@]32C)O[C@@H]1C=C. The quantitative estimate of drug-likeness (QED) is 0.738. The summed E-state index contributed by atoms with van der Waals surface area (Å²) >= 11 is 0. The van der Waals surface area contributed by atoms with Gasteiger partial charge in [-0.15, -0.1) is 13.2 Å². The fraction of sp³-hybridized carbons (Fsp3) is 0.360. The summed E-state index contributed by atoms with van der Waals surface area (Å²) in [6, 6.07) is 6.79. The van der Waals surface area contributed by atoms with Gasteiger partial charge in [0, 0.05) is 11.8 Å². The Hall–Kier alpha value is -2.96. The zero-order valence-electron chi connectivity index (χ0n) is 17.6. The third kappa shape index (κ3) is 2.86. The maximum atomic E-state index is 11.2. The maximum absolute atomic E-state index is 11.2. The van der Waals surface area contributed by atoms with E-state index in [0.717, 1.165) is 42.6 Å². The number of fused-ring (bicyclic) bond motifs is 3. The van der Waals surface area contributed by atoms with Crippen molar-refractivity contribution in [2.24, 2.45) is 5.41 Å². The molecule has 5 rings (SSSR count). The summed E-state index contributed by atoms with van der Waals surface area (Å²) in [7, 11) is 0. The van der Waals surface area contributed by atoms with Crippen molar-refractivity contribution in [3.63, 3.8) is 0 Å². The summed E-state index contributed by atoms with van der Waals surface area (Å²) in [5.74, 6) is -1.65. The fourth-order valence-electron chi connectivity index (χ4n) is 5.31. The number of hydrogen-bond donors (Lipinski definition) is 1. The summed E-state index contributed by atoms with van der Waals surface area (Å²) in [5, 5.41) is 13.8. The number of benzene rings is 1. The molecule has 6 heteroatoms. The lowest BCUT2D eigenvalue weighted by atomic mass is 9.62. The Morgan fingerprint density at radius 3 is 2.52 bits per heavy atom. The number of aromatic nitrogens is 2. The van der Waals surface area contributed by atoms with Crippen LogP contribution in [0.2, 0.25) is 0 Å². The lowest BCUT2D eigenvalue weighted by molar-refractivity contribution is -0.243. The lowest BCUT2D eigenvalue weighted by Gasteiger charge is -2.51. The van der Waals surface area contributed by atoms with Crippen LogP contribution in [0.4, 0.5) is 0 Å². The summed E-state index contributed by atoms with van der Waals surface area (Å²) < 4.78 is 14.9. The van der Waals surface area contributed by atoms with Gasteiger partial charge in [0.15, 0.2) is 5.79 Å². The molecule has 1 N–H and O–H groups in total. The van der Waals surface area contributed by atoms with Crippen LogP contribution in [0.15, 0.2) is 61.3 Å². The van der Waals surface area contributed by atoms with Crippen LogP contribution in [0.25, 0.3) is 11.8 Å². The average Bonchev–Trinajstić information content (AvgIpc) is 3.34. The molecule has 1 spiro atoms. The molecule has 160 valence electrons. The van der Waals surface area contributed by atoms with Crippen molar-refractivity contribution in [1.82, 2.24) is 9.78 Å². The van der Waals surface area contributed by atoms with Crippen LogP contribution in [0.5, 0.6) is 0 Å². The zero-order valence-corrected chi connectivity index (χ0v) is 17.6. The van der Waals surface area contributed by atoms with E-state index in [1.165, 1.54) is 5.57 Å². The second kappa shape index (κ2) is 7.04. The molecule has 1 saturated heterocycles. The predicted molar refractivity (Wildman–Crippen MR) is 117 cm³/mol. The molecule has 2 aliphatic carbocycles. The van der Waals surface area contributed by atoms with E-state index < -0.39 is 11.8 Å². The number of nitrogens with zero attached hydrogens (tertiary/aromatic N) is 2. The summed E-state index contributed by atoms with van der Waals surface area (Å²) in [6.45, 7) is 10.1. The van der Waals surface area contributed by atoms with Gasteiger partial charge in [0.05, 0.1) is 23.1 Å². The van der Waals surface area contributed by atoms with E-state index in [1.807, 2.05) is 10.9 Å². The number of rotatable bonds is 4. The van der Waals surface area contributed by atoms with Crippen LogP contribution in [0.1, 0.15) is 47.8 Å². The van der Waals surface area contributed by atoms with Gasteiger partial charge in [-0.3, -0.25) is 0 Å². The average molecular weight is 418 g/mol. The molecule has 3 aliphatic rings. The molecule has 1 aromatic carbocycles. The highest BCUT2D eigenvalue weighted by Gasteiger charge is 2.61. The summed E-state index contributed by atoms with van der Waals surface area (Å²) in [5.41, 5.74) is 4.24. The third-order valence-electron chi connectivity index (χ3n) is 7.04. The van der Waals surface area contributed by atoms with E-state index in [9.17, 15) is 4.79 Å². The molecule has 0 bridgehead atoms. The molecule has 6 nitrogen and oxygen atoms in total. The molecular formula is C25H26N2O4. The fourth-order valence-corrected chi connectivity index (χ4v) is 5.31. The van der Waals surface area contributed by atoms with Crippen LogP contribution >= 0.6 is 0 Å². The number of carboxylic acids is 1. The van der Waals surface area contributed by atoms with Crippen LogP contribution in [-0.2, 0) is 15.9 Å². The normalized spacial score (nSPS) is 28.5. The molecule has 2 heterocycles. The molecule has 0 radical (unpaired) electrons. The molecule has 1 aliphatic heterocycles. The van der Waals surface area contributed by atoms with Gasteiger partial charge in [-0.05, 0) is 55.2 Å². The first-order chi connectivity index (χ1) is 14.9. The van der Waals surface area contributed by atoms with Crippen LogP contribution in [-0.4, -0.2) is 38.9 Å². The first-order valence-corrected chi connectivity index (χ1v) is 10.6. The minimum Gasteiger partial charge on any atom is -0.478 e. The second-order valence-corrected chi connectivity index (χ2v) is 8.74. The van der Waals surface area contributed by atoms with E-state index in [4.69, 9.17) is 14.6 Å². The van der Waals surface area contributed by atoms with E-state index in [0.29, 0.717) is 0 Å². The molecule has 2 aromatic rings. The van der Waals surface area contributed by atoms with E-state index in [1.54, 1.807) is 36.4 Å². The van der Waals surface area contributed by atoms with Gasteiger partial charge in [-0.1, -0.05) is 24.6 Å². The van der Waals surface area contributed by atoms with Gasteiger partial charge in [-0.2, -0.15) is 5.10 Å². The number of carboxylic acid groups (broad SMARTS) is 1. The topological polar surface area (TPSA) is 73.6 Å². The highest BCUT2D eigenvalue weighted by Crippen LogP contribution is 2.58. The van der Waals surface area contributed by atoms with Gasteiger partial charge >= 0.3 is 5.97 Å². The molecular weight excluding hydrogens is 392 g/mol. The van der Waals surface area contributed by atoms with Crippen molar-refractivity contribution >= 4 is 12.0 Å². The minimum absolute atomic E-state index is 0.203. The van der Waals surface area contributed by atoms with Crippen molar-refractivity contribution < 1.29 is 19.4 Å². The van der Waals surface area contributed by atoms with E-state index >= 15 is 0 Å². The van der Waals surface area contributed by atoms with Gasteiger partial charge < -0.3 is 14.6 Å². The molecule has 31 heavy (non-hydrogen) atoms. The van der Waals surface area contributed by atoms with Crippen LogP contribution in [0, 0.1) is 5.41 Å².